The fourth-order valence-corrected chi connectivity index (χ4v) is 4.88. The fraction of sp³-hybridized carbons (Fsp3) is 0.417. The Kier molecular flexibility index (Phi) is 7.87. The number of hydrogen-bond donors (Lipinski definition) is 1. The monoisotopic (exact) mass is 464 g/mol. The van der Waals surface area contributed by atoms with E-state index >= 15 is 0 Å². The van der Waals surface area contributed by atoms with Crippen molar-refractivity contribution >= 4 is 35.0 Å². The van der Waals surface area contributed by atoms with Crippen molar-refractivity contribution in [2.45, 2.75) is 51.1 Å². The maximum absolute atomic E-state index is 12.9. The number of benzene rings is 2. The Bertz CT molecular complexity index is 930. The van der Waals surface area contributed by atoms with Gasteiger partial charge in [0.1, 0.15) is 5.37 Å². The molecule has 0 bridgehead atoms. The second-order valence-corrected chi connectivity index (χ2v) is 8.90. The summed E-state index contributed by atoms with van der Waals surface area (Å²) >= 11 is 1.42. The molecule has 0 spiro atoms. The predicted octanol–water partition coefficient (Wildman–Crippen LogP) is 6.64. The van der Waals surface area contributed by atoms with Crippen molar-refractivity contribution in [3.8, 4) is 0 Å². The van der Waals surface area contributed by atoms with Crippen molar-refractivity contribution < 1.29 is 22.8 Å². The van der Waals surface area contributed by atoms with Gasteiger partial charge in [-0.1, -0.05) is 38.8 Å². The summed E-state index contributed by atoms with van der Waals surface area (Å²) in [6.07, 6.45) is -0.717. The van der Waals surface area contributed by atoms with Gasteiger partial charge in [-0.2, -0.15) is 13.2 Å². The highest BCUT2D eigenvalue weighted by Gasteiger charge is 2.35. The molecule has 4 nitrogen and oxygen atoms in total. The van der Waals surface area contributed by atoms with E-state index in [0.29, 0.717) is 11.4 Å². The smallest absolute Gasteiger partial charge is 0.326 e. The zero-order valence-electron chi connectivity index (χ0n) is 18.1. The number of unbranched alkanes of at least 4 members (excludes halogenated alkanes) is 1. The van der Waals surface area contributed by atoms with Crippen molar-refractivity contribution in [3.63, 3.8) is 0 Å². The molecule has 172 valence electrons. The average Bonchev–Trinajstić information content (AvgIpc) is 3.15. The van der Waals surface area contributed by atoms with E-state index in [9.17, 15) is 22.8 Å². The van der Waals surface area contributed by atoms with Crippen LogP contribution in [0, 0.1) is 5.92 Å². The van der Waals surface area contributed by atoms with Crippen molar-refractivity contribution in [1.29, 1.82) is 0 Å². The van der Waals surface area contributed by atoms with Crippen LogP contribution in [-0.4, -0.2) is 17.6 Å². The summed E-state index contributed by atoms with van der Waals surface area (Å²) in [5.74, 6) is 0.0805. The first kappa shape index (κ1) is 24.2. The Morgan fingerprint density at radius 3 is 2.34 bits per heavy atom. The second-order valence-electron chi connectivity index (χ2n) is 7.83. The van der Waals surface area contributed by atoms with Crippen LogP contribution in [0.4, 0.5) is 24.5 Å². The summed E-state index contributed by atoms with van der Waals surface area (Å²) in [4.78, 5) is 26.5. The number of alkyl halides is 3. The molecule has 8 heteroatoms. The molecule has 2 unspecified atom stereocenters. The second kappa shape index (κ2) is 10.4. The summed E-state index contributed by atoms with van der Waals surface area (Å²) in [6.45, 7) is 4.11. The van der Waals surface area contributed by atoms with Gasteiger partial charge in [0.15, 0.2) is 0 Å². The highest BCUT2D eigenvalue weighted by Crippen LogP contribution is 2.42. The van der Waals surface area contributed by atoms with Crippen LogP contribution in [0.25, 0.3) is 0 Å². The Balaban J connectivity index is 1.73. The molecule has 2 aromatic rings. The standard InChI is InChI=1S/C24H27F3N2O2S/c1-3-5-6-16(4-2)22(31)28-19-11-7-17(8-12-19)23-29(21(30)15-32-23)20-13-9-18(10-14-20)24(25,26)27/h7-14,16,23H,3-6,15H2,1-2H3,(H,28,31). The zero-order valence-corrected chi connectivity index (χ0v) is 18.9. The van der Waals surface area contributed by atoms with Crippen molar-refractivity contribution in [3.05, 3.63) is 59.7 Å². The molecule has 1 aliphatic heterocycles. The molecule has 2 atom stereocenters. The van der Waals surface area contributed by atoms with Crippen molar-refractivity contribution in [2.24, 2.45) is 5.92 Å². The van der Waals surface area contributed by atoms with Gasteiger partial charge in [0.2, 0.25) is 11.8 Å². The van der Waals surface area contributed by atoms with Crippen LogP contribution in [0.15, 0.2) is 48.5 Å². The van der Waals surface area contributed by atoms with E-state index in [-0.39, 0.29) is 28.9 Å². The number of nitrogens with zero attached hydrogens (tertiary/aromatic N) is 1. The fourth-order valence-electron chi connectivity index (χ4n) is 3.71. The van der Waals surface area contributed by atoms with Gasteiger partial charge in [0, 0.05) is 17.3 Å². The van der Waals surface area contributed by atoms with E-state index in [4.69, 9.17) is 0 Å². The molecule has 1 N–H and O–H groups in total. The highest BCUT2D eigenvalue weighted by molar-refractivity contribution is 8.00. The van der Waals surface area contributed by atoms with Crippen LogP contribution in [-0.2, 0) is 15.8 Å². The third kappa shape index (κ3) is 5.65. The number of anilines is 2. The molecular formula is C24H27F3N2O2S. The Morgan fingerprint density at radius 2 is 1.78 bits per heavy atom. The number of hydrogen-bond acceptors (Lipinski definition) is 3. The number of carbonyl (C=O) groups is 2. The third-order valence-electron chi connectivity index (χ3n) is 5.57. The van der Waals surface area contributed by atoms with E-state index in [0.717, 1.165) is 43.4 Å². The molecule has 2 amide bonds. The summed E-state index contributed by atoms with van der Waals surface area (Å²) in [5, 5.41) is 2.62. The average molecular weight is 465 g/mol. The number of nitrogens with one attached hydrogen (secondary N) is 1. The van der Waals surface area contributed by atoms with Crippen LogP contribution in [0.5, 0.6) is 0 Å². The molecule has 1 aliphatic rings. The third-order valence-corrected chi connectivity index (χ3v) is 6.79. The lowest BCUT2D eigenvalue weighted by Crippen LogP contribution is -2.28. The van der Waals surface area contributed by atoms with E-state index in [1.165, 1.54) is 28.8 Å². The quantitative estimate of drug-likeness (QED) is 0.476. The van der Waals surface area contributed by atoms with Gasteiger partial charge in [-0.05, 0) is 54.8 Å². The van der Waals surface area contributed by atoms with Gasteiger partial charge in [-0.3, -0.25) is 14.5 Å². The summed E-state index contributed by atoms with van der Waals surface area (Å²) in [5.41, 5.74) is 1.21. The van der Waals surface area contributed by atoms with Crippen LogP contribution in [0.3, 0.4) is 0 Å². The first-order chi connectivity index (χ1) is 15.2. The van der Waals surface area contributed by atoms with Gasteiger partial charge in [0.05, 0.1) is 11.3 Å². The molecule has 32 heavy (non-hydrogen) atoms. The van der Waals surface area contributed by atoms with E-state index in [1.807, 2.05) is 19.1 Å². The molecule has 1 fully saturated rings. The molecule has 1 heterocycles. The Morgan fingerprint density at radius 1 is 1.12 bits per heavy atom. The highest BCUT2D eigenvalue weighted by atomic mass is 32.2. The van der Waals surface area contributed by atoms with E-state index in [1.54, 1.807) is 12.1 Å². The SMILES string of the molecule is CCCCC(CC)C(=O)Nc1ccc(C2SCC(=O)N2c2ccc(C(F)(F)F)cc2)cc1. The molecule has 0 radical (unpaired) electrons. The van der Waals surface area contributed by atoms with Gasteiger partial charge >= 0.3 is 6.18 Å². The minimum absolute atomic E-state index is 0.00509. The van der Waals surface area contributed by atoms with Crippen molar-refractivity contribution in [2.75, 3.05) is 16.0 Å². The molecule has 3 rings (SSSR count). The lowest BCUT2D eigenvalue weighted by molar-refractivity contribution is -0.137. The number of halogens is 3. The van der Waals surface area contributed by atoms with E-state index in [2.05, 4.69) is 12.2 Å². The van der Waals surface area contributed by atoms with Crippen LogP contribution >= 0.6 is 11.8 Å². The van der Waals surface area contributed by atoms with Gasteiger partial charge in [-0.15, -0.1) is 11.8 Å². The maximum atomic E-state index is 12.9. The molecule has 0 saturated carbocycles. The zero-order chi connectivity index (χ0) is 23.3. The summed E-state index contributed by atoms with van der Waals surface area (Å²) < 4.78 is 38.6. The predicted molar refractivity (Wildman–Crippen MR) is 123 cm³/mol. The first-order valence-corrected chi connectivity index (χ1v) is 11.8. The number of amides is 2. The van der Waals surface area contributed by atoms with Crippen LogP contribution in [0.2, 0.25) is 0 Å². The largest absolute Gasteiger partial charge is 0.416 e. The number of rotatable bonds is 8. The molecular weight excluding hydrogens is 437 g/mol. The lowest BCUT2D eigenvalue weighted by atomic mass is 9.98. The minimum atomic E-state index is -4.42. The van der Waals surface area contributed by atoms with Gasteiger partial charge < -0.3 is 5.32 Å². The van der Waals surface area contributed by atoms with Gasteiger partial charge in [-0.25, -0.2) is 0 Å². The molecule has 0 aliphatic carbocycles. The Hall–Kier alpha value is -2.48. The maximum Gasteiger partial charge on any atom is 0.416 e. The first-order valence-electron chi connectivity index (χ1n) is 10.8. The molecule has 0 aromatic heterocycles. The topological polar surface area (TPSA) is 49.4 Å². The number of thioether (sulfide) groups is 1. The van der Waals surface area contributed by atoms with Crippen LogP contribution in [0.1, 0.15) is 56.0 Å². The normalized spacial score (nSPS) is 17.5. The van der Waals surface area contributed by atoms with E-state index < -0.39 is 11.7 Å². The van der Waals surface area contributed by atoms with Crippen LogP contribution < -0.4 is 10.2 Å². The summed E-state index contributed by atoms with van der Waals surface area (Å²) in [6, 6.07) is 11.9. The Labute approximate surface area is 190 Å². The molecule has 1 saturated heterocycles. The van der Waals surface area contributed by atoms with Crippen molar-refractivity contribution in [1.82, 2.24) is 0 Å². The number of carbonyl (C=O) groups excluding carboxylic acids is 2. The lowest BCUT2D eigenvalue weighted by Gasteiger charge is -2.25. The summed E-state index contributed by atoms with van der Waals surface area (Å²) in [7, 11) is 0. The minimum Gasteiger partial charge on any atom is -0.326 e. The molecule has 2 aromatic carbocycles. The van der Waals surface area contributed by atoms with Gasteiger partial charge in [0.25, 0.3) is 0 Å².